The first kappa shape index (κ1) is 18.3. The van der Waals surface area contributed by atoms with Crippen LogP contribution in [0, 0.1) is 0 Å². The van der Waals surface area contributed by atoms with E-state index in [4.69, 9.17) is 21.1 Å². The molecule has 0 bridgehead atoms. The predicted molar refractivity (Wildman–Crippen MR) is 98.3 cm³/mol. The Morgan fingerprint density at radius 2 is 1.81 bits per heavy atom. The number of amides is 1. The largest absolute Gasteiger partial charge is 0.497 e. The Morgan fingerprint density at radius 3 is 2.42 bits per heavy atom. The van der Waals surface area contributed by atoms with Crippen LogP contribution in [0.1, 0.15) is 28.8 Å². The molecule has 2 aromatic rings. The lowest BCUT2D eigenvalue weighted by Crippen LogP contribution is -2.36. The average molecular weight is 374 g/mol. The lowest BCUT2D eigenvalue weighted by atomic mass is 10.2. The van der Waals surface area contributed by atoms with Gasteiger partial charge in [-0.25, -0.2) is 4.79 Å². The van der Waals surface area contributed by atoms with Gasteiger partial charge in [0.25, 0.3) is 5.91 Å². The van der Waals surface area contributed by atoms with E-state index >= 15 is 0 Å². The first-order chi connectivity index (χ1) is 12.6. The molecule has 0 radical (unpaired) electrons. The molecule has 1 aliphatic rings. The molecule has 0 spiro atoms. The number of rotatable bonds is 7. The molecule has 0 unspecified atom stereocenters. The fourth-order valence-electron chi connectivity index (χ4n) is 2.65. The van der Waals surface area contributed by atoms with Crippen LogP contribution in [-0.4, -0.2) is 36.5 Å². The number of methoxy groups -OCH3 is 1. The minimum Gasteiger partial charge on any atom is -0.497 e. The van der Waals surface area contributed by atoms with Gasteiger partial charge in [0.15, 0.2) is 6.61 Å². The van der Waals surface area contributed by atoms with E-state index in [1.54, 1.807) is 36.3 Å². The molecule has 1 fully saturated rings. The van der Waals surface area contributed by atoms with Gasteiger partial charge >= 0.3 is 5.97 Å². The number of carbonyl (C=O) groups is 2. The number of benzene rings is 2. The van der Waals surface area contributed by atoms with Crippen molar-refractivity contribution in [3.63, 3.8) is 0 Å². The topological polar surface area (TPSA) is 55.8 Å². The summed E-state index contributed by atoms with van der Waals surface area (Å²) in [6, 6.07) is 14.4. The molecule has 0 atom stereocenters. The summed E-state index contributed by atoms with van der Waals surface area (Å²) < 4.78 is 10.3. The monoisotopic (exact) mass is 373 g/mol. The van der Waals surface area contributed by atoms with Gasteiger partial charge in [0.05, 0.1) is 17.7 Å². The van der Waals surface area contributed by atoms with E-state index in [9.17, 15) is 9.59 Å². The molecule has 0 aliphatic heterocycles. The molecule has 6 heteroatoms. The first-order valence-corrected chi connectivity index (χ1v) is 8.80. The van der Waals surface area contributed by atoms with Gasteiger partial charge in [-0.15, -0.1) is 0 Å². The van der Waals surface area contributed by atoms with Gasteiger partial charge in [-0.3, -0.25) is 4.79 Å². The summed E-state index contributed by atoms with van der Waals surface area (Å²) in [7, 11) is 1.61. The van der Waals surface area contributed by atoms with Crippen LogP contribution in [0.2, 0.25) is 5.02 Å². The number of hydrogen-bond donors (Lipinski definition) is 0. The van der Waals surface area contributed by atoms with Gasteiger partial charge in [0.2, 0.25) is 0 Å². The van der Waals surface area contributed by atoms with Crippen LogP contribution in [0.5, 0.6) is 5.75 Å². The summed E-state index contributed by atoms with van der Waals surface area (Å²) in [6.45, 7) is 0.188. The normalized spacial score (nSPS) is 13.2. The highest BCUT2D eigenvalue weighted by atomic mass is 35.5. The van der Waals surface area contributed by atoms with Crippen LogP contribution in [-0.2, 0) is 16.1 Å². The molecule has 0 saturated heterocycles. The fraction of sp³-hybridized carbons (Fsp3) is 0.300. The van der Waals surface area contributed by atoms with Gasteiger partial charge < -0.3 is 14.4 Å². The summed E-state index contributed by atoms with van der Waals surface area (Å²) >= 11 is 5.98. The van der Waals surface area contributed by atoms with Crippen molar-refractivity contribution in [2.45, 2.75) is 25.4 Å². The molecule has 1 amide bonds. The van der Waals surface area contributed by atoms with Crippen LogP contribution in [0.4, 0.5) is 0 Å². The zero-order valence-corrected chi connectivity index (χ0v) is 15.2. The molecule has 2 aromatic carbocycles. The highest BCUT2D eigenvalue weighted by Gasteiger charge is 2.33. The van der Waals surface area contributed by atoms with Crippen molar-refractivity contribution in [1.82, 2.24) is 4.90 Å². The summed E-state index contributed by atoms with van der Waals surface area (Å²) in [4.78, 5) is 26.4. The summed E-state index contributed by atoms with van der Waals surface area (Å²) in [5, 5.41) is 0.308. The second kappa shape index (κ2) is 8.23. The molecule has 0 N–H and O–H groups in total. The van der Waals surface area contributed by atoms with Crippen molar-refractivity contribution in [1.29, 1.82) is 0 Å². The lowest BCUT2D eigenvalue weighted by molar-refractivity contribution is -0.135. The third kappa shape index (κ3) is 4.55. The van der Waals surface area contributed by atoms with E-state index in [2.05, 4.69) is 0 Å². The van der Waals surface area contributed by atoms with Crippen LogP contribution in [0.15, 0.2) is 48.5 Å². The van der Waals surface area contributed by atoms with E-state index < -0.39 is 5.97 Å². The summed E-state index contributed by atoms with van der Waals surface area (Å²) in [5.74, 6) is -0.0282. The van der Waals surface area contributed by atoms with Crippen molar-refractivity contribution < 1.29 is 19.1 Å². The second-order valence-corrected chi connectivity index (χ2v) is 6.56. The van der Waals surface area contributed by atoms with Gasteiger partial charge in [0.1, 0.15) is 5.75 Å². The fourth-order valence-corrected chi connectivity index (χ4v) is 2.86. The molecular formula is C20H20ClNO4. The second-order valence-electron chi connectivity index (χ2n) is 6.16. The molecular weight excluding hydrogens is 354 g/mol. The summed E-state index contributed by atoms with van der Waals surface area (Å²) in [5.41, 5.74) is 1.26. The molecule has 1 aliphatic carbocycles. The third-order valence-electron chi connectivity index (χ3n) is 4.24. The Labute approximate surface area is 157 Å². The van der Waals surface area contributed by atoms with Crippen molar-refractivity contribution in [2.75, 3.05) is 13.7 Å². The molecule has 26 heavy (non-hydrogen) atoms. The molecule has 0 aromatic heterocycles. The summed E-state index contributed by atoms with van der Waals surface area (Å²) in [6.07, 6.45) is 1.95. The maximum Gasteiger partial charge on any atom is 0.340 e. The lowest BCUT2D eigenvalue weighted by Gasteiger charge is -2.22. The van der Waals surface area contributed by atoms with Crippen LogP contribution in [0.25, 0.3) is 0 Å². The van der Waals surface area contributed by atoms with Crippen molar-refractivity contribution in [2.24, 2.45) is 0 Å². The third-order valence-corrected chi connectivity index (χ3v) is 4.57. The van der Waals surface area contributed by atoms with E-state index in [0.717, 1.165) is 24.2 Å². The van der Waals surface area contributed by atoms with Gasteiger partial charge in [0, 0.05) is 12.6 Å². The Bertz CT molecular complexity index is 787. The quantitative estimate of drug-likeness (QED) is 0.694. The Balaban J connectivity index is 1.60. The standard InChI is InChI=1S/C20H20ClNO4/c1-25-16-10-6-14(7-11-16)12-22(15-8-9-15)19(23)13-26-20(24)17-4-2-3-5-18(17)21/h2-7,10-11,15H,8-9,12-13H2,1H3. The SMILES string of the molecule is COc1ccc(CN(C(=O)COC(=O)c2ccccc2Cl)C2CC2)cc1. The zero-order chi connectivity index (χ0) is 18.5. The van der Waals surface area contributed by atoms with E-state index in [-0.39, 0.29) is 24.1 Å². The maximum atomic E-state index is 12.6. The first-order valence-electron chi connectivity index (χ1n) is 8.42. The van der Waals surface area contributed by atoms with Gasteiger partial charge in [-0.1, -0.05) is 35.9 Å². The number of halogens is 1. The average Bonchev–Trinajstić information content (AvgIpc) is 3.50. The zero-order valence-electron chi connectivity index (χ0n) is 14.5. The Hall–Kier alpha value is -2.53. The number of carbonyl (C=O) groups excluding carboxylic acids is 2. The van der Waals surface area contributed by atoms with E-state index in [0.29, 0.717) is 11.6 Å². The van der Waals surface area contributed by atoms with Crippen molar-refractivity contribution >= 4 is 23.5 Å². The van der Waals surface area contributed by atoms with Crippen LogP contribution in [0.3, 0.4) is 0 Å². The Morgan fingerprint density at radius 1 is 1.12 bits per heavy atom. The molecule has 5 nitrogen and oxygen atoms in total. The molecule has 0 heterocycles. The highest BCUT2D eigenvalue weighted by molar-refractivity contribution is 6.33. The van der Waals surface area contributed by atoms with Crippen molar-refractivity contribution in [3.8, 4) is 5.75 Å². The number of hydrogen-bond acceptors (Lipinski definition) is 4. The van der Waals surface area contributed by atoms with Crippen LogP contribution >= 0.6 is 11.6 Å². The van der Waals surface area contributed by atoms with Gasteiger partial charge in [-0.2, -0.15) is 0 Å². The van der Waals surface area contributed by atoms with Gasteiger partial charge in [-0.05, 0) is 42.7 Å². The maximum absolute atomic E-state index is 12.6. The molecule has 136 valence electrons. The number of nitrogens with zero attached hydrogens (tertiary/aromatic N) is 1. The van der Waals surface area contributed by atoms with E-state index in [1.807, 2.05) is 24.3 Å². The number of esters is 1. The van der Waals surface area contributed by atoms with Crippen molar-refractivity contribution in [3.05, 3.63) is 64.7 Å². The molecule has 1 saturated carbocycles. The number of ether oxygens (including phenoxy) is 2. The van der Waals surface area contributed by atoms with Crippen LogP contribution < -0.4 is 4.74 Å². The minimum absolute atomic E-state index is 0.205. The highest BCUT2D eigenvalue weighted by Crippen LogP contribution is 2.29. The predicted octanol–water partition coefficient (Wildman–Crippen LogP) is 3.70. The smallest absolute Gasteiger partial charge is 0.340 e. The van der Waals surface area contributed by atoms with E-state index in [1.165, 1.54) is 0 Å². The minimum atomic E-state index is -0.593. The Kier molecular flexibility index (Phi) is 5.78. The molecule has 3 rings (SSSR count).